The third-order valence-corrected chi connectivity index (χ3v) is 4.79. The highest BCUT2D eigenvalue weighted by Gasteiger charge is 2.23. The van der Waals surface area contributed by atoms with E-state index >= 15 is 0 Å². The summed E-state index contributed by atoms with van der Waals surface area (Å²) in [6.07, 6.45) is 0.804. The van der Waals surface area contributed by atoms with Gasteiger partial charge in [-0.1, -0.05) is 23.7 Å². The maximum absolute atomic E-state index is 13.7. The summed E-state index contributed by atoms with van der Waals surface area (Å²) >= 11 is 7.78. The lowest BCUT2D eigenvalue weighted by Crippen LogP contribution is -2.31. The molecule has 1 heterocycles. The molecule has 0 aromatic heterocycles. The lowest BCUT2D eigenvalue weighted by molar-refractivity contribution is 0.0931. The van der Waals surface area contributed by atoms with Crippen molar-refractivity contribution in [1.29, 1.82) is 0 Å². The minimum atomic E-state index is -0.508. The van der Waals surface area contributed by atoms with E-state index in [1.165, 1.54) is 12.1 Å². The van der Waals surface area contributed by atoms with E-state index in [1.54, 1.807) is 23.9 Å². The van der Waals surface area contributed by atoms with Crippen LogP contribution < -0.4 is 5.32 Å². The summed E-state index contributed by atoms with van der Waals surface area (Å²) in [5, 5.41) is 3.55. The molecule has 0 unspecified atom stereocenters. The van der Waals surface area contributed by atoms with E-state index < -0.39 is 11.7 Å². The number of benzene rings is 2. The van der Waals surface area contributed by atoms with Gasteiger partial charge < -0.3 is 5.32 Å². The number of halogens is 2. The lowest BCUT2D eigenvalue weighted by atomic mass is 10.0. The van der Waals surface area contributed by atoms with Gasteiger partial charge in [-0.25, -0.2) is 4.39 Å². The van der Waals surface area contributed by atoms with Crippen LogP contribution in [0, 0.1) is 5.82 Å². The summed E-state index contributed by atoms with van der Waals surface area (Å²) in [6.45, 7) is 0. The molecule has 108 valence electrons. The molecule has 1 amide bonds. The van der Waals surface area contributed by atoms with Crippen molar-refractivity contribution in [2.45, 2.75) is 17.4 Å². The predicted octanol–water partition coefficient (Wildman–Crippen LogP) is 4.45. The molecule has 1 aliphatic rings. The van der Waals surface area contributed by atoms with Crippen molar-refractivity contribution in [3.05, 3.63) is 64.4 Å². The normalized spacial score (nSPS) is 17.1. The van der Waals surface area contributed by atoms with Crippen molar-refractivity contribution in [1.82, 2.24) is 5.32 Å². The first kappa shape index (κ1) is 14.4. The molecule has 0 spiro atoms. The lowest BCUT2D eigenvalue weighted by Gasteiger charge is -2.26. The van der Waals surface area contributed by atoms with Gasteiger partial charge in [0, 0.05) is 15.7 Å². The molecule has 0 bridgehead atoms. The van der Waals surface area contributed by atoms with Crippen LogP contribution in [0.3, 0.4) is 0 Å². The number of carbonyl (C=O) groups is 1. The van der Waals surface area contributed by atoms with Crippen molar-refractivity contribution in [3.8, 4) is 0 Å². The van der Waals surface area contributed by atoms with Crippen molar-refractivity contribution >= 4 is 29.3 Å². The summed E-state index contributed by atoms with van der Waals surface area (Å²) in [5.74, 6) is 0.0130. The van der Waals surface area contributed by atoms with Gasteiger partial charge in [-0.15, -0.1) is 11.8 Å². The van der Waals surface area contributed by atoms with Crippen LogP contribution in [0.2, 0.25) is 5.02 Å². The Balaban J connectivity index is 1.85. The highest BCUT2D eigenvalue weighted by Crippen LogP contribution is 2.37. The zero-order valence-corrected chi connectivity index (χ0v) is 12.7. The Morgan fingerprint density at radius 2 is 2.10 bits per heavy atom. The molecular weight excluding hydrogens is 309 g/mol. The maximum atomic E-state index is 13.7. The second kappa shape index (κ2) is 6.08. The van der Waals surface area contributed by atoms with Gasteiger partial charge in [0.25, 0.3) is 5.91 Å². The molecule has 1 aliphatic heterocycles. The van der Waals surface area contributed by atoms with Gasteiger partial charge in [0.1, 0.15) is 5.82 Å². The monoisotopic (exact) mass is 321 g/mol. The molecule has 1 N–H and O–H groups in total. The van der Waals surface area contributed by atoms with Crippen molar-refractivity contribution in [2.24, 2.45) is 0 Å². The van der Waals surface area contributed by atoms with E-state index in [2.05, 4.69) is 5.32 Å². The van der Waals surface area contributed by atoms with E-state index in [1.807, 2.05) is 18.2 Å². The zero-order valence-electron chi connectivity index (χ0n) is 11.1. The molecule has 0 saturated carbocycles. The van der Waals surface area contributed by atoms with Crippen LogP contribution in [0.25, 0.3) is 0 Å². The first-order valence-electron chi connectivity index (χ1n) is 6.63. The highest BCUT2D eigenvalue weighted by molar-refractivity contribution is 7.99. The molecule has 5 heteroatoms. The fourth-order valence-electron chi connectivity index (χ4n) is 2.40. The second-order valence-corrected chi connectivity index (χ2v) is 6.40. The van der Waals surface area contributed by atoms with Gasteiger partial charge in [0.05, 0.1) is 11.6 Å². The number of hydrogen-bond donors (Lipinski definition) is 1. The van der Waals surface area contributed by atoms with Gasteiger partial charge in [-0.3, -0.25) is 4.79 Å². The average molecular weight is 322 g/mol. The SMILES string of the molecule is O=C(N[C@H]1CCSc2ccc(Cl)cc21)c1ccccc1F. The number of carbonyl (C=O) groups excluding carboxylic acids is 1. The van der Waals surface area contributed by atoms with E-state index in [9.17, 15) is 9.18 Å². The van der Waals surface area contributed by atoms with Crippen molar-refractivity contribution in [2.75, 3.05) is 5.75 Å². The number of hydrogen-bond acceptors (Lipinski definition) is 2. The van der Waals surface area contributed by atoms with Crippen LogP contribution in [-0.2, 0) is 0 Å². The van der Waals surface area contributed by atoms with Crippen LogP contribution in [0.15, 0.2) is 47.4 Å². The number of rotatable bonds is 2. The minimum absolute atomic E-state index is 0.0688. The van der Waals surface area contributed by atoms with Crippen LogP contribution in [0.4, 0.5) is 4.39 Å². The first-order valence-corrected chi connectivity index (χ1v) is 7.99. The highest BCUT2D eigenvalue weighted by atomic mass is 35.5. The third-order valence-electron chi connectivity index (χ3n) is 3.44. The zero-order chi connectivity index (χ0) is 14.8. The Labute approximate surface area is 131 Å². The molecule has 2 aromatic carbocycles. The van der Waals surface area contributed by atoms with E-state index in [-0.39, 0.29) is 11.6 Å². The van der Waals surface area contributed by atoms with Gasteiger partial charge in [-0.2, -0.15) is 0 Å². The summed E-state index contributed by atoms with van der Waals surface area (Å²) in [6, 6.07) is 11.5. The molecule has 0 fully saturated rings. The largest absolute Gasteiger partial charge is 0.345 e. The van der Waals surface area contributed by atoms with Crippen LogP contribution in [0.5, 0.6) is 0 Å². The summed E-state index contributed by atoms with van der Waals surface area (Å²) in [4.78, 5) is 13.4. The molecule has 0 radical (unpaired) electrons. The number of thioether (sulfide) groups is 1. The summed E-state index contributed by atoms with van der Waals surface area (Å²) in [7, 11) is 0. The summed E-state index contributed by atoms with van der Waals surface area (Å²) < 4.78 is 13.7. The number of fused-ring (bicyclic) bond motifs is 1. The standard InChI is InChI=1S/C16H13ClFNOS/c17-10-5-6-15-12(9-10)14(7-8-21-15)19-16(20)11-3-1-2-4-13(11)18/h1-6,9,14H,7-8H2,(H,19,20)/t14-/m0/s1. The van der Waals surface area contributed by atoms with Gasteiger partial charge in [0.2, 0.25) is 0 Å². The van der Waals surface area contributed by atoms with Gasteiger partial charge in [0.15, 0.2) is 0 Å². The van der Waals surface area contributed by atoms with E-state index in [4.69, 9.17) is 11.6 Å². The Morgan fingerprint density at radius 3 is 2.90 bits per heavy atom. The third kappa shape index (κ3) is 3.06. The Hall–Kier alpha value is -1.52. The van der Waals surface area contributed by atoms with Gasteiger partial charge >= 0.3 is 0 Å². The molecule has 2 aromatic rings. The molecule has 2 nitrogen and oxygen atoms in total. The van der Waals surface area contributed by atoms with E-state index in [0.29, 0.717) is 5.02 Å². The Kier molecular flexibility index (Phi) is 4.17. The molecule has 21 heavy (non-hydrogen) atoms. The second-order valence-electron chi connectivity index (χ2n) is 4.83. The topological polar surface area (TPSA) is 29.1 Å². The average Bonchev–Trinajstić information content (AvgIpc) is 2.48. The summed E-state index contributed by atoms with van der Waals surface area (Å²) in [5.41, 5.74) is 1.07. The minimum Gasteiger partial charge on any atom is -0.345 e. The van der Waals surface area contributed by atoms with Crippen molar-refractivity contribution < 1.29 is 9.18 Å². The van der Waals surface area contributed by atoms with E-state index in [0.717, 1.165) is 22.6 Å². The smallest absolute Gasteiger partial charge is 0.254 e. The van der Waals surface area contributed by atoms with Crippen LogP contribution in [0.1, 0.15) is 28.4 Å². The molecule has 3 rings (SSSR count). The number of amides is 1. The fourth-order valence-corrected chi connectivity index (χ4v) is 3.68. The van der Waals surface area contributed by atoms with Gasteiger partial charge in [-0.05, 0) is 42.3 Å². The molecular formula is C16H13ClFNOS. The molecule has 1 atom stereocenters. The predicted molar refractivity (Wildman–Crippen MR) is 83.4 cm³/mol. The van der Waals surface area contributed by atoms with Crippen molar-refractivity contribution in [3.63, 3.8) is 0 Å². The fraction of sp³-hybridized carbons (Fsp3) is 0.188. The quantitative estimate of drug-likeness (QED) is 0.885. The molecule has 0 aliphatic carbocycles. The Bertz CT molecular complexity index is 692. The van der Waals surface area contributed by atoms with Crippen LogP contribution >= 0.6 is 23.4 Å². The van der Waals surface area contributed by atoms with Crippen LogP contribution in [-0.4, -0.2) is 11.7 Å². The first-order chi connectivity index (χ1) is 10.1. The Morgan fingerprint density at radius 1 is 1.29 bits per heavy atom. The maximum Gasteiger partial charge on any atom is 0.254 e. The number of nitrogens with one attached hydrogen (secondary N) is 1. The molecule has 0 saturated heterocycles.